The molecule has 0 N–H and O–H groups in total. The van der Waals surface area contributed by atoms with Gasteiger partial charge in [-0.05, 0) is 6.92 Å². The van der Waals surface area contributed by atoms with E-state index < -0.39 is 0 Å². The van der Waals surface area contributed by atoms with E-state index in [1.165, 1.54) is 44.9 Å². The lowest BCUT2D eigenvalue weighted by Crippen LogP contribution is -1.80. The minimum absolute atomic E-state index is 0.431. The van der Waals surface area contributed by atoms with E-state index in [4.69, 9.17) is 0 Å². The first-order valence-electron chi connectivity index (χ1n) is 5.88. The Morgan fingerprint density at radius 2 is 1.29 bits per heavy atom. The first-order chi connectivity index (χ1) is 6.83. The van der Waals surface area contributed by atoms with Crippen LogP contribution < -0.4 is 0 Å². The highest BCUT2D eigenvalue weighted by molar-refractivity contribution is 5.36. The lowest BCUT2D eigenvalue weighted by molar-refractivity contribution is -0.128. The average Bonchev–Trinajstić information content (AvgIpc) is 2.20. The fourth-order valence-corrected chi connectivity index (χ4v) is 1.10. The Hall–Kier alpha value is -0.530. The van der Waals surface area contributed by atoms with Gasteiger partial charge in [-0.2, -0.15) is 0 Å². The fraction of sp³-hybridized carbons (Fsp3) is 0.917. The molecule has 14 heavy (non-hydrogen) atoms. The molecule has 0 unspecified atom stereocenters. The molecule has 0 atom stereocenters. The van der Waals surface area contributed by atoms with Crippen LogP contribution in [0.5, 0.6) is 0 Å². The molecule has 2 heteroatoms. The molecule has 0 aliphatic rings. The maximum atomic E-state index is 9.18. The molecule has 0 bridgehead atoms. The van der Waals surface area contributed by atoms with E-state index in [0.29, 0.717) is 13.1 Å². The van der Waals surface area contributed by atoms with Gasteiger partial charge in [-0.3, -0.25) is 4.79 Å². The van der Waals surface area contributed by atoms with Crippen molar-refractivity contribution in [3.05, 3.63) is 0 Å². The lowest BCUT2D eigenvalue weighted by Gasteiger charge is -1.96. The molecule has 0 aromatic heterocycles. The molecule has 2 nitrogen and oxygen atoms in total. The third-order valence-corrected chi connectivity index (χ3v) is 1.94. The second-order valence-corrected chi connectivity index (χ2v) is 3.32. The zero-order valence-electron chi connectivity index (χ0n) is 10.1. The van der Waals surface area contributed by atoms with Crippen molar-refractivity contribution in [2.24, 2.45) is 0 Å². The molecule has 0 saturated carbocycles. The van der Waals surface area contributed by atoms with Crippen LogP contribution in [0.15, 0.2) is 0 Å². The van der Waals surface area contributed by atoms with Gasteiger partial charge in [0.05, 0.1) is 6.61 Å². The van der Waals surface area contributed by atoms with Crippen LogP contribution >= 0.6 is 0 Å². The Balaban J connectivity index is 0. The number of rotatable bonds is 8. The zero-order chi connectivity index (χ0) is 11.1. The molecular weight excluding hydrogens is 176 g/mol. The van der Waals surface area contributed by atoms with Gasteiger partial charge in [-0.15, -0.1) is 0 Å². The normalized spacial score (nSPS) is 8.79. The number of carbonyl (C=O) groups is 1. The van der Waals surface area contributed by atoms with Crippen molar-refractivity contribution in [2.75, 3.05) is 6.61 Å². The average molecular weight is 202 g/mol. The number of hydrogen-bond donors (Lipinski definition) is 0. The highest BCUT2D eigenvalue weighted by atomic mass is 16.5. The number of unbranched alkanes of at least 4 members (excludes halogenated alkanes) is 6. The van der Waals surface area contributed by atoms with E-state index >= 15 is 0 Å². The maximum absolute atomic E-state index is 9.18. The Morgan fingerprint density at radius 3 is 1.50 bits per heavy atom. The first kappa shape index (κ1) is 15.9. The standard InChI is InChI=1S/C9H20.C3H6O2/c1-3-5-7-9-8-6-4-2;1-2-5-3-4/h3-9H2,1-2H3;3H,2H2,1H3. The van der Waals surface area contributed by atoms with E-state index in [2.05, 4.69) is 18.6 Å². The monoisotopic (exact) mass is 202 g/mol. The van der Waals surface area contributed by atoms with Gasteiger partial charge >= 0.3 is 0 Å². The van der Waals surface area contributed by atoms with Crippen molar-refractivity contribution in [3.8, 4) is 0 Å². The summed E-state index contributed by atoms with van der Waals surface area (Å²) in [6.45, 7) is 7.19. The predicted octanol–water partition coefficient (Wildman–Crippen LogP) is 3.94. The van der Waals surface area contributed by atoms with Crippen molar-refractivity contribution >= 4 is 6.47 Å². The molecule has 0 radical (unpaired) electrons. The summed E-state index contributed by atoms with van der Waals surface area (Å²) in [7, 11) is 0. The topological polar surface area (TPSA) is 26.3 Å². The van der Waals surface area contributed by atoms with Gasteiger partial charge in [0.15, 0.2) is 0 Å². The summed E-state index contributed by atoms with van der Waals surface area (Å²) in [6, 6.07) is 0. The van der Waals surface area contributed by atoms with Crippen LogP contribution in [-0.4, -0.2) is 13.1 Å². The quantitative estimate of drug-likeness (QED) is 0.440. The van der Waals surface area contributed by atoms with Gasteiger partial charge in [0.2, 0.25) is 0 Å². The third kappa shape index (κ3) is 22.5. The predicted molar refractivity (Wildman–Crippen MR) is 61.4 cm³/mol. The molecule has 0 aliphatic carbocycles. The lowest BCUT2D eigenvalue weighted by atomic mass is 10.1. The number of hydrogen-bond acceptors (Lipinski definition) is 2. The van der Waals surface area contributed by atoms with Crippen LogP contribution in [0.4, 0.5) is 0 Å². The van der Waals surface area contributed by atoms with Crippen LogP contribution in [0.1, 0.15) is 65.7 Å². The summed E-state index contributed by atoms with van der Waals surface area (Å²) >= 11 is 0. The first-order valence-corrected chi connectivity index (χ1v) is 5.88. The molecule has 0 fully saturated rings. The summed E-state index contributed by atoms with van der Waals surface area (Å²) in [6.07, 6.45) is 9.97. The Labute approximate surface area is 89.0 Å². The minimum atomic E-state index is 0.431. The maximum Gasteiger partial charge on any atom is 0.293 e. The summed E-state index contributed by atoms with van der Waals surface area (Å²) in [4.78, 5) is 9.18. The number of carbonyl (C=O) groups excluding carboxylic acids is 1. The SMILES string of the molecule is CCCCCCCCC.CCOC=O. The van der Waals surface area contributed by atoms with Crippen molar-refractivity contribution in [1.29, 1.82) is 0 Å². The molecule has 0 heterocycles. The van der Waals surface area contributed by atoms with Gasteiger partial charge in [0, 0.05) is 0 Å². The Bertz CT molecular complexity index is 86.3. The third-order valence-electron chi connectivity index (χ3n) is 1.94. The van der Waals surface area contributed by atoms with E-state index in [1.807, 2.05) is 0 Å². The van der Waals surface area contributed by atoms with E-state index in [-0.39, 0.29) is 0 Å². The van der Waals surface area contributed by atoms with Crippen molar-refractivity contribution < 1.29 is 9.53 Å². The number of ether oxygens (including phenoxy) is 1. The minimum Gasteiger partial charge on any atom is -0.468 e. The second kappa shape index (κ2) is 18.3. The van der Waals surface area contributed by atoms with Crippen molar-refractivity contribution in [3.63, 3.8) is 0 Å². The highest BCUT2D eigenvalue weighted by Gasteiger charge is 1.85. The van der Waals surface area contributed by atoms with E-state index in [9.17, 15) is 4.79 Å². The Kier molecular flexibility index (Phi) is 20.8. The van der Waals surface area contributed by atoms with Gasteiger partial charge in [0.25, 0.3) is 6.47 Å². The molecule has 0 aromatic rings. The molecule has 86 valence electrons. The second-order valence-electron chi connectivity index (χ2n) is 3.32. The molecule has 0 rings (SSSR count). The van der Waals surface area contributed by atoms with E-state index in [1.54, 1.807) is 6.92 Å². The van der Waals surface area contributed by atoms with Gasteiger partial charge in [-0.25, -0.2) is 0 Å². The van der Waals surface area contributed by atoms with E-state index in [0.717, 1.165) is 0 Å². The van der Waals surface area contributed by atoms with Gasteiger partial charge in [0.1, 0.15) is 0 Å². The molecule has 0 amide bonds. The van der Waals surface area contributed by atoms with Crippen LogP contribution in [-0.2, 0) is 9.53 Å². The summed E-state index contributed by atoms with van der Waals surface area (Å²) in [5.41, 5.74) is 0. The molecule has 0 aliphatic heterocycles. The summed E-state index contributed by atoms with van der Waals surface area (Å²) in [5.74, 6) is 0. The van der Waals surface area contributed by atoms with Crippen molar-refractivity contribution in [1.82, 2.24) is 0 Å². The molecule has 0 saturated heterocycles. The summed E-state index contributed by atoms with van der Waals surface area (Å²) < 4.78 is 4.15. The molecular formula is C12H26O2. The van der Waals surface area contributed by atoms with Crippen LogP contribution in [0.3, 0.4) is 0 Å². The van der Waals surface area contributed by atoms with Crippen LogP contribution in [0, 0.1) is 0 Å². The van der Waals surface area contributed by atoms with Gasteiger partial charge in [-0.1, -0.05) is 58.8 Å². The molecule has 0 aromatic carbocycles. The van der Waals surface area contributed by atoms with Crippen LogP contribution in [0.2, 0.25) is 0 Å². The zero-order valence-corrected chi connectivity index (χ0v) is 10.1. The largest absolute Gasteiger partial charge is 0.468 e. The van der Waals surface area contributed by atoms with Gasteiger partial charge < -0.3 is 4.74 Å². The smallest absolute Gasteiger partial charge is 0.293 e. The van der Waals surface area contributed by atoms with Crippen LogP contribution in [0.25, 0.3) is 0 Å². The fourth-order valence-electron chi connectivity index (χ4n) is 1.10. The van der Waals surface area contributed by atoms with Crippen molar-refractivity contribution in [2.45, 2.75) is 65.7 Å². The molecule has 0 spiro atoms. The highest BCUT2D eigenvalue weighted by Crippen LogP contribution is 2.05. The summed E-state index contributed by atoms with van der Waals surface area (Å²) in [5, 5.41) is 0. The Morgan fingerprint density at radius 1 is 0.857 bits per heavy atom.